The van der Waals surface area contributed by atoms with E-state index >= 15 is 0 Å². The molecule has 1 aliphatic carbocycles. The lowest BCUT2D eigenvalue weighted by Crippen LogP contribution is -2.10. The molecule has 0 fully saturated rings. The van der Waals surface area contributed by atoms with E-state index in [4.69, 9.17) is 11.5 Å². The smallest absolute Gasteiger partial charge is 0.0707 e. The van der Waals surface area contributed by atoms with Crippen molar-refractivity contribution in [1.82, 2.24) is 0 Å². The summed E-state index contributed by atoms with van der Waals surface area (Å²) in [5, 5.41) is 0. The highest BCUT2D eigenvalue weighted by atomic mass is 14.8. The van der Waals surface area contributed by atoms with Gasteiger partial charge >= 0.3 is 0 Å². The van der Waals surface area contributed by atoms with Crippen molar-refractivity contribution in [2.75, 3.05) is 5.73 Å². The van der Waals surface area contributed by atoms with Gasteiger partial charge in [0.1, 0.15) is 0 Å². The number of anilines is 1. The Hall–Kier alpha value is -2.29. The molecular weight excluding hydrogens is 234 g/mol. The Morgan fingerprint density at radius 3 is 2.37 bits per heavy atom. The van der Waals surface area contributed by atoms with Crippen LogP contribution in [0.5, 0.6) is 0 Å². The topological polar surface area (TPSA) is 64.4 Å². The Morgan fingerprint density at radius 2 is 1.68 bits per heavy atom. The molecule has 0 saturated heterocycles. The molecule has 0 amide bonds. The van der Waals surface area contributed by atoms with Crippen LogP contribution in [0.4, 0.5) is 11.4 Å². The van der Waals surface area contributed by atoms with Crippen LogP contribution in [0.25, 0.3) is 0 Å². The molecule has 98 valence electrons. The minimum Gasteiger partial charge on any atom is -0.399 e. The predicted octanol–water partition coefficient (Wildman–Crippen LogP) is 3.32. The van der Waals surface area contributed by atoms with Gasteiger partial charge in [-0.25, -0.2) is 4.99 Å². The lowest BCUT2D eigenvalue weighted by atomic mass is 9.99. The van der Waals surface area contributed by atoms with Crippen LogP contribution < -0.4 is 11.5 Å². The number of allylic oxidation sites excluding steroid dienone is 4. The first-order valence-corrected chi connectivity index (χ1v) is 6.19. The summed E-state index contributed by atoms with van der Waals surface area (Å²) in [6.45, 7) is 9.94. The Kier molecular flexibility index (Phi) is 3.30. The lowest BCUT2D eigenvalue weighted by Gasteiger charge is -2.13. The fraction of sp³-hybridized carbons (Fsp3) is 0.188. The number of aliphatic imine (C=N–C) groups is 1. The number of hydrogen-bond donors (Lipinski definition) is 2. The number of benzene rings is 1. The summed E-state index contributed by atoms with van der Waals surface area (Å²) >= 11 is 0. The Labute approximate surface area is 114 Å². The van der Waals surface area contributed by atoms with E-state index in [1.807, 2.05) is 45.1 Å². The molecule has 0 aromatic heterocycles. The van der Waals surface area contributed by atoms with E-state index in [0.29, 0.717) is 0 Å². The molecule has 0 bridgehead atoms. The number of aryl methyl sites for hydroxylation is 2. The summed E-state index contributed by atoms with van der Waals surface area (Å²) in [4.78, 5) is 4.67. The minimum atomic E-state index is 0.745. The van der Waals surface area contributed by atoms with E-state index in [2.05, 4.69) is 11.6 Å². The van der Waals surface area contributed by atoms with Crippen molar-refractivity contribution in [3.05, 3.63) is 58.8 Å². The average molecular weight is 253 g/mol. The van der Waals surface area contributed by atoms with Gasteiger partial charge in [0.05, 0.1) is 11.4 Å². The molecular formula is C16H19N3. The first-order valence-electron chi connectivity index (χ1n) is 6.19. The maximum Gasteiger partial charge on any atom is 0.0707 e. The molecule has 3 nitrogen and oxygen atoms in total. The van der Waals surface area contributed by atoms with Gasteiger partial charge in [0.2, 0.25) is 0 Å². The summed E-state index contributed by atoms with van der Waals surface area (Å²) in [5.74, 6) is 0. The highest BCUT2D eigenvalue weighted by Gasteiger charge is 2.10. The number of nitrogen functional groups attached to an aromatic ring is 1. The average Bonchev–Trinajstić information content (AvgIpc) is 2.32. The van der Waals surface area contributed by atoms with Crippen LogP contribution in [0.2, 0.25) is 0 Å². The summed E-state index contributed by atoms with van der Waals surface area (Å²) in [5.41, 5.74) is 19.0. The number of nitrogens with two attached hydrogens (primary N) is 2. The van der Waals surface area contributed by atoms with Gasteiger partial charge in [-0.1, -0.05) is 6.58 Å². The van der Waals surface area contributed by atoms with E-state index < -0.39 is 0 Å². The maximum atomic E-state index is 5.89. The van der Waals surface area contributed by atoms with E-state index in [1.54, 1.807) is 0 Å². The molecule has 3 heteroatoms. The molecule has 0 radical (unpaired) electrons. The molecule has 1 aromatic rings. The normalized spacial score (nSPS) is 17.4. The molecule has 0 saturated carbocycles. The van der Waals surface area contributed by atoms with Crippen LogP contribution in [0.1, 0.15) is 18.1 Å². The van der Waals surface area contributed by atoms with E-state index in [1.165, 1.54) is 0 Å². The van der Waals surface area contributed by atoms with Crippen LogP contribution >= 0.6 is 0 Å². The van der Waals surface area contributed by atoms with Gasteiger partial charge in [0, 0.05) is 11.4 Å². The van der Waals surface area contributed by atoms with Crippen LogP contribution in [0.15, 0.2) is 52.7 Å². The molecule has 19 heavy (non-hydrogen) atoms. The SMILES string of the molecule is C=C1C=C(N)C(C)=C/C1=N/c1cc(C)c(N)cc1C. The van der Waals surface area contributed by atoms with Crippen molar-refractivity contribution in [2.24, 2.45) is 10.7 Å². The van der Waals surface area contributed by atoms with Crippen molar-refractivity contribution >= 4 is 17.1 Å². The van der Waals surface area contributed by atoms with Gasteiger partial charge in [0.15, 0.2) is 0 Å². The monoisotopic (exact) mass is 253 g/mol. The van der Waals surface area contributed by atoms with Crippen LogP contribution in [0.3, 0.4) is 0 Å². The number of nitrogens with zero attached hydrogens (tertiary/aromatic N) is 1. The minimum absolute atomic E-state index is 0.745. The second-order valence-electron chi connectivity index (χ2n) is 4.94. The molecule has 1 aromatic carbocycles. The Bertz CT molecular complexity index is 646. The Balaban J connectivity index is 2.48. The highest BCUT2D eigenvalue weighted by Crippen LogP contribution is 2.27. The first kappa shape index (κ1) is 13.1. The fourth-order valence-corrected chi connectivity index (χ4v) is 1.93. The van der Waals surface area contributed by atoms with Crippen molar-refractivity contribution in [3.63, 3.8) is 0 Å². The standard InChI is InChI=1S/C16H19N3/c1-9-7-15(11(3)5-13(9)17)19-16-8-10(2)14(18)6-12(16)4/h5-8H,3,17-18H2,1-2,4H3/b19-15-. The highest BCUT2D eigenvalue weighted by molar-refractivity contribution is 6.13. The van der Waals surface area contributed by atoms with E-state index in [0.717, 1.165) is 45.1 Å². The van der Waals surface area contributed by atoms with Crippen molar-refractivity contribution in [2.45, 2.75) is 20.8 Å². The third kappa shape index (κ3) is 2.60. The fourth-order valence-electron chi connectivity index (χ4n) is 1.93. The van der Waals surface area contributed by atoms with Gasteiger partial charge in [-0.15, -0.1) is 0 Å². The number of rotatable bonds is 1. The maximum absolute atomic E-state index is 5.89. The molecule has 4 N–H and O–H groups in total. The first-order chi connectivity index (χ1) is 8.88. The van der Waals surface area contributed by atoms with Gasteiger partial charge in [-0.05, 0) is 67.3 Å². The second-order valence-corrected chi connectivity index (χ2v) is 4.94. The Morgan fingerprint density at radius 1 is 1.00 bits per heavy atom. The molecule has 0 aliphatic heterocycles. The van der Waals surface area contributed by atoms with Crippen molar-refractivity contribution in [1.29, 1.82) is 0 Å². The summed E-state index contributed by atoms with van der Waals surface area (Å²) in [6, 6.07) is 3.94. The summed E-state index contributed by atoms with van der Waals surface area (Å²) in [7, 11) is 0. The van der Waals surface area contributed by atoms with Gasteiger partial charge in [-0.3, -0.25) is 0 Å². The predicted molar refractivity (Wildman–Crippen MR) is 82.6 cm³/mol. The summed E-state index contributed by atoms with van der Waals surface area (Å²) < 4.78 is 0. The zero-order valence-corrected chi connectivity index (χ0v) is 11.6. The van der Waals surface area contributed by atoms with Crippen LogP contribution in [-0.4, -0.2) is 5.71 Å². The quantitative estimate of drug-likeness (QED) is 0.754. The van der Waals surface area contributed by atoms with Crippen molar-refractivity contribution < 1.29 is 0 Å². The van der Waals surface area contributed by atoms with Crippen LogP contribution in [-0.2, 0) is 0 Å². The van der Waals surface area contributed by atoms with Gasteiger partial charge in [0.25, 0.3) is 0 Å². The zero-order valence-electron chi connectivity index (χ0n) is 11.6. The lowest BCUT2D eigenvalue weighted by molar-refractivity contribution is 1.27. The van der Waals surface area contributed by atoms with E-state index in [9.17, 15) is 0 Å². The van der Waals surface area contributed by atoms with E-state index in [-0.39, 0.29) is 0 Å². The number of hydrogen-bond acceptors (Lipinski definition) is 3. The molecule has 0 heterocycles. The molecule has 0 atom stereocenters. The second kappa shape index (κ2) is 4.76. The van der Waals surface area contributed by atoms with Crippen molar-refractivity contribution in [3.8, 4) is 0 Å². The molecule has 0 spiro atoms. The van der Waals surface area contributed by atoms with Gasteiger partial charge in [-0.2, -0.15) is 0 Å². The third-order valence-electron chi connectivity index (χ3n) is 3.29. The molecule has 1 aliphatic rings. The summed E-state index contributed by atoms with van der Waals surface area (Å²) in [6.07, 6.45) is 3.82. The third-order valence-corrected chi connectivity index (χ3v) is 3.29. The largest absolute Gasteiger partial charge is 0.399 e. The molecule has 2 rings (SSSR count). The molecule has 0 unspecified atom stereocenters. The van der Waals surface area contributed by atoms with Crippen LogP contribution in [0, 0.1) is 13.8 Å². The van der Waals surface area contributed by atoms with Gasteiger partial charge < -0.3 is 11.5 Å². The zero-order chi connectivity index (χ0) is 14.2.